The van der Waals surface area contributed by atoms with Gasteiger partial charge in [0.25, 0.3) is 5.91 Å². The van der Waals surface area contributed by atoms with Crippen LogP contribution in [0.2, 0.25) is 5.02 Å². The number of hydrogen-bond donors (Lipinski definition) is 2. The lowest BCUT2D eigenvalue weighted by molar-refractivity contribution is 0.0915. The van der Waals surface area contributed by atoms with Gasteiger partial charge in [0.1, 0.15) is 0 Å². The van der Waals surface area contributed by atoms with Gasteiger partial charge >= 0.3 is 0 Å². The molecule has 2 heterocycles. The molecule has 2 atom stereocenters. The zero-order valence-electron chi connectivity index (χ0n) is 13.9. The van der Waals surface area contributed by atoms with Gasteiger partial charge in [-0.15, -0.1) is 24.8 Å². The van der Waals surface area contributed by atoms with Crippen molar-refractivity contribution in [2.45, 2.75) is 19.4 Å². The van der Waals surface area contributed by atoms with Crippen molar-refractivity contribution < 1.29 is 4.79 Å². The highest BCUT2D eigenvalue weighted by molar-refractivity contribution is 6.30. The van der Waals surface area contributed by atoms with E-state index in [0.717, 1.165) is 30.6 Å². The maximum absolute atomic E-state index is 12.5. The molecule has 3 rings (SSSR count). The fourth-order valence-corrected chi connectivity index (χ4v) is 2.92. The van der Waals surface area contributed by atoms with Crippen LogP contribution in [0.1, 0.15) is 23.7 Å². The van der Waals surface area contributed by atoms with E-state index in [1.165, 1.54) is 0 Å². The first kappa shape index (κ1) is 21.7. The number of carbonyl (C=O) groups excluding carboxylic acids is 1. The fourth-order valence-electron chi connectivity index (χ4n) is 2.80. The number of carbonyl (C=O) groups is 1. The number of rotatable bonds is 3. The van der Waals surface area contributed by atoms with Gasteiger partial charge in [0.2, 0.25) is 0 Å². The van der Waals surface area contributed by atoms with Crippen LogP contribution in [-0.4, -0.2) is 30.0 Å². The first-order valence-corrected chi connectivity index (χ1v) is 8.24. The van der Waals surface area contributed by atoms with Crippen LogP contribution in [0.25, 0.3) is 11.1 Å². The van der Waals surface area contributed by atoms with E-state index in [4.69, 9.17) is 11.6 Å². The van der Waals surface area contributed by atoms with Gasteiger partial charge in [-0.2, -0.15) is 0 Å². The molecule has 0 bridgehead atoms. The molecule has 2 aromatic rings. The van der Waals surface area contributed by atoms with Crippen molar-refractivity contribution >= 4 is 42.3 Å². The minimum absolute atomic E-state index is 0. The van der Waals surface area contributed by atoms with Crippen LogP contribution in [0.5, 0.6) is 0 Å². The van der Waals surface area contributed by atoms with Crippen molar-refractivity contribution in [1.82, 2.24) is 15.6 Å². The minimum atomic E-state index is -0.0751. The largest absolute Gasteiger partial charge is 0.348 e. The van der Waals surface area contributed by atoms with E-state index < -0.39 is 0 Å². The van der Waals surface area contributed by atoms with Crippen molar-refractivity contribution in [3.05, 3.63) is 53.3 Å². The number of halogens is 3. The molecule has 1 saturated heterocycles. The van der Waals surface area contributed by atoms with E-state index in [1.54, 1.807) is 12.4 Å². The molecule has 4 nitrogen and oxygen atoms in total. The molecule has 0 spiro atoms. The van der Waals surface area contributed by atoms with Crippen LogP contribution in [0.4, 0.5) is 0 Å². The van der Waals surface area contributed by atoms with E-state index in [-0.39, 0.29) is 36.8 Å². The van der Waals surface area contributed by atoms with Crippen LogP contribution < -0.4 is 10.6 Å². The second-order valence-electron chi connectivity index (χ2n) is 6.02. The van der Waals surface area contributed by atoms with Gasteiger partial charge in [0, 0.05) is 35.6 Å². The number of amides is 1. The normalized spacial score (nSPS) is 19.3. The maximum atomic E-state index is 12.5. The minimum Gasteiger partial charge on any atom is -0.348 e. The van der Waals surface area contributed by atoms with Crippen LogP contribution >= 0.6 is 36.4 Å². The molecular formula is C18H22Cl3N3O. The Kier molecular flexibility index (Phi) is 8.66. The summed E-state index contributed by atoms with van der Waals surface area (Å²) in [6.45, 7) is 4.01. The average molecular weight is 403 g/mol. The molecular weight excluding hydrogens is 381 g/mol. The van der Waals surface area contributed by atoms with Gasteiger partial charge in [0.15, 0.2) is 0 Å². The first-order chi connectivity index (χ1) is 11.1. The highest BCUT2D eigenvalue weighted by Gasteiger charge is 2.23. The predicted octanol–water partition coefficient (Wildman–Crippen LogP) is 3.97. The quantitative estimate of drug-likeness (QED) is 0.816. The van der Waals surface area contributed by atoms with E-state index in [9.17, 15) is 4.79 Å². The molecule has 0 saturated carbocycles. The maximum Gasteiger partial charge on any atom is 0.253 e. The number of pyridine rings is 1. The standard InChI is InChI=1S/C18H20ClN3O.2ClH/c1-12-6-7-20-11-17(12)22-18(23)15-8-14(9-21-10-15)13-2-4-16(19)5-3-13;;/h2-5,8-10,12,17,20H,6-7,11H2,1H3,(H,22,23);2*1H. The Morgan fingerprint density at radius 3 is 2.60 bits per heavy atom. The van der Waals surface area contributed by atoms with Gasteiger partial charge < -0.3 is 10.6 Å². The smallest absolute Gasteiger partial charge is 0.253 e. The molecule has 2 N–H and O–H groups in total. The third kappa shape index (κ3) is 5.58. The number of hydrogen-bond acceptors (Lipinski definition) is 3. The molecule has 1 amide bonds. The SMILES string of the molecule is CC1CCNCC1NC(=O)c1cncc(-c2ccc(Cl)cc2)c1.Cl.Cl. The molecule has 2 unspecified atom stereocenters. The van der Waals surface area contributed by atoms with Gasteiger partial charge in [-0.25, -0.2) is 0 Å². The predicted molar refractivity (Wildman–Crippen MR) is 107 cm³/mol. The third-order valence-corrected chi connectivity index (χ3v) is 4.57. The topological polar surface area (TPSA) is 54.0 Å². The van der Waals surface area contributed by atoms with Crippen LogP contribution in [0.15, 0.2) is 42.7 Å². The molecule has 136 valence electrons. The van der Waals surface area contributed by atoms with Gasteiger partial charge in [-0.3, -0.25) is 9.78 Å². The summed E-state index contributed by atoms with van der Waals surface area (Å²) >= 11 is 5.92. The summed E-state index contributed by atoms with van der Waals surface area (Å²) in [5.74, 6) is 0.404. The van der Waals surface area contributed by atoms with Gasteiger partial charge in [-0.1, -0.05) is 30.7 Å². The molecule has 1 aromatic carbocycles. The molecule has 1 aliphatic rings. The Balaban J connectivity index is 0.00000156. The lowest BCUT2D eigenvalue weighted by atomic mass is 9.94. The van der Waals surface area contributed by atoms with E-state index >= 15 is 0 Å². The number of aromatic nitrogens is 1. The van der Waals surface area contributed by atoms with Gasteiger partial charge in [-0.05, 0) is 42.6 Å². The second kappa shape index (κ2) is 9.97. The molecule has 25 heavy (non-hydrogen) atoms. The number of piperidine rings is 1. The van der Waals surface area contributed by atoms with Gasteiger partial charge in [0.05, 0.1) is 5.56 Å². The Morgan fingerprint density at radius 2 is 1.92 bits per heavy atom. The molecule has 0 radical (unpaired) electrons. The summed E-state index contributed by atoms with van der Waals surface area (Å²) in [5.41, 5.74) is 2.48. The summed E-state index contributed by atoms with van der Waals surface area (Å²) < 4.78 is 0. The zero-order chi connectivity index (χ0) is 16.2. The summed E-state index contributed by atoms with van der Waals surface area (Å²) in [4.78, 5) is 16.7. The van der Waals surface area contributed by atoms with Crippen molar-refractivity contribution in [2.75, 3.05) is 13.1 Å². The lowest BCUT2D eigenvalue weighted by Gasteiger charge is -2.30. The number of benzene rings is 1. The van der Waals surface area contributed by atoms with Crippen molar-refractivity contribution in [3.8, 4) is 11.1 Å². The average Bonchev–Trinajstić information content (AvgIpc) is 2.58. The van der Waals surface area contributed by atoms with E-state index in [1.807, 2.05) is 30.3 Å². The molecule has 1 aromatic heterocycles. The lowest BCUT2D eigenvalue weighted by Crippen LogP contribution is -2.50. The molecule has 1 fully saturated rings. The van der Waals surface area contributed by atoms with Crippen LogP contribution in [-0.2, 0) is 0 Å². The Labute approximate surface area is 165 Å². The van der Waals surface area contributed by atoms with Crippen molar-refractivity contribution in [2.24, 2.45) is 5.92 Å². The Morgan fingerprint density at radius 1 is 1.20 bits per heavy atom. The molecule has 7 heteroatoms. The summed E-state index contributed by atoms with van der Waals surface area (Å²) in [6, 6.07) is 9.54. The van der Waals surface area contributed by atoms with E-state index in [2.05, 4.69) is 22.5 Å². The number of nitrogens with zero attached hydrogens (tertiary/aromatic N) is 1. The monoisotopic (exact) mass is 401 g/mol. The van der Waals surface area contributed by atoms with Crippen LogP contribution in [0.3, 0.4) is 0 Å². The Hall–Kier alpha value is -1.33. The van der Waals surface area contributed by atoms with E-state index in [0.29, 0.717) is 16.5 Å². The highest BCUT2D eigenvalue weighted by atomic mass is 35.5. The summed E-state index contributed by atoms with van der Waals surface area (Å²) in [5, 5.41) is 7.12. The second-order valence-corrected chi connectivity index (χ2v) is 6.46. The van der Waals surface area contributed by atoms with Crippen molar-refractivity contribution in [1.29, 1.82) is 0 Å². The van der Waals surface area contributed by atoms with Crippen LogP contribution in [0, 0.1) is 5.92 Å². The zero-order valence-corrected chi connectivity index (χ0v) is 16.3. The first-order valence-electron chi connectivity index (χ1n) is 7.86. The molecule has 1 aliphatic heterocycles. The highest BCUT2D eigenvalue weighted by Crippen LogP contribution is 2.22. The number of nitrogens with one attached hydrogen (secondary N) is 2. The third-order valence-electron chi connectivity index (χ3n) is 4.32. The molecule has 0 aliphatic carbocycles. The summed E-state index contributed by atoms with van der Waals surface area (Å²) in [7, 11) is 0. The fraction of sp³-hybridized carbons (Fsp3) is 0.333. The Bertz CT molecular complexity index is 694. The van der Waals surface area contributed by atoms with Crippen molar-refractivity contribution in [3.63, 3.8) is 0 Å². The summed E-state index contributed by atoms with van der Waals surface area (Å²) in [6.07, 6.45) is 4.44.